The third-order valence-corrected chi connectivity index (χ3v) is 5.29. The molecule has 2 fully saturated rings. The molecule has 1 amide bonds. The first kappa shape index (κ1) is 17.7. The van der Waals surface area contributed by atoms with E-state index in [1.807, 2.05) is 4.90 Å². The number of carbonyl (C=O) groups excluding carboxylic acids is 1. The first-order chi connectivity index (χ1) is 12.1. The summed E-state index contributed by atoms with van der Waals surface area (Å²) in [6.07, 6.45) is 6.12. The summed E-state index contributed by atoms with van der Waals surface area (Å²) in [5.41, 5.74) is 0.455. The van der Waals surface area contributed by atoms with Crippen LogP contribution in [0.4, 0.5) is 0 Å². The molecule has 0 unspecified atom stereocenters. The van der Waals surface area contributed by atoms with E-state index in [0.29, 0.717) is 30.4 Å². The number of carbonyl (C=O) groups is 2. The maximum atomic E-state index is 12.9. The van der Waals surface area contributed by atoms with Crippen molar-refractivity contribution in [3.63, 3.8) is 0 Å². The lowest BCUT2D eigenvalue weighted by Gasteiger charge is -2.27. The molecule has 1 saturated heterocycles. The molecular formula is C19H26N2O4. The standard InChI is InChI=1S/C19H26N2O4/c1-25-17-12-14(11-15(13-17)19(23)24)18(22)21-8-4-7-20(9-10-21)16-5-2-3-6-16/h11-13,16H,2-10H2,1H3,(H,23,24). The SMILES string of the molecule is COc1cc(C(=O)O)cc(C(=O)N2CCCN(C3CCCC3)CC2)c1. The summed E-state index contributed by atoms with van der Waals surface area (Å²) < 4.78 is 5.15. The first-order valence-electron chi connectivity index (χ1n) is 9.04. The summed E-state index contributed by atoms with van der Waals surface area (Å²) >= 11 is 0. The fourth-order valence-electron chi connectivity index (χ4n) is 3.92. The van der Waals surface area contributed by atoms with Gasteiger partial charge in [0.15, 0.2) is 0 Å². The van der Waals surface area contributed by atoms with Gasteiger partial charge in [-0.2, -0.15) is 0 Å². The zero-order valence-electron chi connectivity index (χ0n) is 14.7. The number of carboxylic acids is 1. The number of hydrogen-bond acceptors (Lipinski definition) is 4. The monoisotopic (exact) mass is 346 g/mol. The van der Waals surface area contributed by atoms with Gasteiger partial charge >= 0.3 is 5.97 Å². The van der Waals surface area contributed by atoms with Gasteiger partial charge in [-0.1, -0.05) is 12.8 Å². The number of amides is 1. The second-order valence-corrected chi connectivity index (χ2v) is 6.88. The minimum Gasteiger partial charge on any atom is -0.497 e. The maximum Gasteiger partial charge on any atom is 0.335 e. The van der Waals surface area contributed by atoms with Crippen LogP contribution >= 0.6 is 0 Å². The van der Waals surface area contributed by atoms with Gasteiger partial charge < -0.3 is 14.7 Å². The van der Waals surface area contributed by atoms with Crippen LogP contribution in [-0.4, -0.2) is 66.1 Å². The third-order valence-electron chi connectivity index (χ3n) is 5.29. The van der Waals surface area contributed by atoms with Crippen molar-refractivity contribution in [1.82, 2.24) is 9.80 Å². The summed E-state index contributed by atoms with van der Waals surface area (Å²) in [5, 5.41) is 9.24. The van der Waals surface area contributed by atoms with Gasteiger partial charge in [0, 0.05) is 37.8 Å². The smallest absolute Gasteiger partial charge is 0.335 e. The molecule has 2 aliphatic rings. The Morgan fingerprint density at radius 2 is 1.72 bits per heavy atom. The number of hydrogen-bond donors (Lipinski definition) is 1. The maximum absolute atomic E-state index is 12.9. The van der Waals surface area contributed by atoms with E-state index >= 15 is 0 Å². The van der Waals surface area contributed by atoms with Gasteiger partial charge in [-0.15, -0.1) is 0 Å². The Morgan fingerprint density at radius 1 is 1.00 bits per heavy atom. The van der Waals surface area contributed by atoms with Gasteiger partial charge in [-0.3, -0.25) is 9.69 Å². The molecule has 1 saturated carbocycles. The average molecular weight is 346 g/mol. The van der Waals surface area contributed by atoms with Gasteiger partial charge in [0.25, 0.3) is 5.91 Å². The Balaban J connectivity index is 1.72. The number of nitrogens with zero attached hydrogens (tertiary/aromatic N) is 2. The van der Waals surface area contributed by atoms with E-state index < -0.39 is 5.97 Å². The van der Waals surface area contributed by atoms with Gasteiger partial charge in [0.05, 0.1) is 12.7 Å². The van der Waals surface area contributed by atoms with Crippen molar-refractivity contribution >= 4 is 11.9 Å². The third kappa shape index (κ3) is 4.12. The van der Waals surface area contributed by atoms with Crippen LogP contribution in [0, 0.1) is 0 Å². The summed E-state index contributed by atoms with van der Waals surface area (Å²) in [6.45, 7) is 3.33. The van der Waals surface area contributed by atoms with Crippen molar-refractivity contribution in [3.05, 3.63) is 29.3 Å². The van der Waals surface area contributed by atoms with Crippen molar-refractivity contribution in [3.8, 4) is 5.75 Å². The van der Waals surface area contributed by atoms with Crippen LogP contribution < -0.4 is 4.74 Å². The van der Waals surface area contributed by atoms with Crippen LogP contribution in [0.25, 0.3) is 0 Å². The zero-order valence-corrected chi connectivity index (χ0v) is 14.7. The van der Waals surface area contributed by atoms with Crippen molar-refractivity contribution in [1.29, 1.82) is 0 Å². The molecule has 3 rings (SSSR count). The quantitative estimate of drug-likeness (QED) is 0.907. The molecule has 1 aromatic rings. The highest BCUT2D eigenvalue weighted by Crippen LogP contribution is 2.25. The van der Waals surface area contributed by atoms with E-state index in [-0.39, 0.29) is 11.5 Å². The Morgan fingerprint density at radius 3 is 2.40 bits per heavy atom. The summed E-state index contributed by atoms with van der Waals surface area (Å²) in [7, 11) is 1.47. The predicted octanol–water partition coefficient (Wildman–Crippen LogP) is 2.48. The van der Waals surface area contributed by atoms with Gasteiger partial charge in [0.1, 0.15) is 5.75 Å². The number of ether oxygens (including phenoxy) is 1. The second kappa shape index (κ2) is 7.87. The number of aromatic carboxylic acids is 1. The lowest BCUT2D eigenvalue weighted by atomic mass is 10.1. The van der Waals surface area contributed by atoms with E-state index in [9.17, 15) is 14.7 Å². The lowest BCUT2D eigenvalue weighted by Crippen LogP contribution is -2.38. The van der Waals surface area contributed by atoms with Gasteiger partial charge in [0.2, 0.25) is 0 Å². The molecule has 1 heterocycles. The molecule has 6 heteroatoms. The molecule has 25 heavy (non-hydrogen) atoms. The number of carboxylic acid groups (broad SMARTS) is 1. The van der Waals surface area contributed by atoms with Gasteiger partial charge in [-0.05, 0) is 37.5 Å². The Labute approximate surface area is 148 Å². The highest BCUT2D eigenvalue weighted by atomic mass is 16.5. The molecule has 6 nitrogen and oxygen atoms in total. The largest absolute Gasteiger partial charge is 0.497 e. The Hall–Kier alpha value is -2.08. The normalized spacial score (nSPS) is 19.6. The molecular weight excluding hydrogens is 320 g/mol. The highest BCUT2D eigenvalue weighted by Gasteiger charge is 2.27. The van der Waals surface area contributed by atoms with E-state index in [2.05, 4.69) is 4.90 Å². The zero-order chi connectivity index (χ0) is 17.8. The molecule has 0 bridgehead atoms. The average Bonchev–Trinajstić information content (AvgIpc) is 3.05. The predicted molar refractivity (Wildman–Crippen MR) is 94.3 cm³/mol. The molecule has 0 spiro atoms. The van der Waals surface area contributed by atoms with Crippen LogP contribution in [0.5, 0.6) is 5.75 Å². The fourth-order valence-corrected chi connectivity index (χ4v) is 3.92. The lowest BCUT2D eigenvalue weighted by molar-refractivity contribution is 0.0696. The van der Waals surface area contributed by atoms with Crippen molar-refractivity contribution in [2.45, 2.75) is 38.1 Å². The molecule has 0 radical (unpaired) electrons. The molecule has 1 aliphatic carbocycles. The number of methoxy groups -OCH3 is 1. The summed E-state index contributed by atoms with van der Waals surface area (Å²) in [5.74, 6) is -0.781. The fraction of sp³-hybridized carbons (Fsp3) is 0.579. The summed E-state index contributed by atoms with van der Waals surface area (Å²) in [6, 6.07) is 5.16. The minimum absolute atomic E-state index is 0.0742. The molecule has 1 aromatic carbocycles. The van der Waals surface area contributed by atoms with Crippen molar-refractivity contribution in [2.24, 2.45) is 0 Å². The second-order valence-electron chi connectivity index (χ2n) is 6.88. The molecule has 136 valence electrons. The molecule has 0 aromatic heterocycles. The number of benzene rings is 1. The van der Waals surface area contributed by atoms with E-state index in [1.54, 1.807) is 6.07 Å². The minimum atomic E-state index is -1.06. The van der Waals surface area contributed by atoms with E-state index in [1.165, 1.54) is 44.9 Å². The number of rotatable bonds is 4. The Kier molecular flexibility index (Phi) is 5.58. The topological polar surface area (TPSA) is 70.1 Å². The molecule has 0 atom stereocenters. The van der Waals surface area contributed by atoms with Crippen LogP contribution in [-0.2, 0) is 0 Å². The molecule has 1 aliphatic heterocycles. The van der Waals surface area contributed by atoms with Crippen molar-refractivity contribution in [2.75, 3.05) is 33.3 Å². The Bertz CT molecular complexity index is 640. The van der Waals surface area contributed by atoms with Crippen LogP contribution in [0.2, 0.25) is 0 Å². The van der Waals surface area contributed by atoms with E-state index in [4.69, 9.17) is 4.74 Å². The summed E-state index contributed by atoms with van der Waals surface area (Å²) in [4.78, 5) is 28.5. The van der Waals surface area contributed by atoms with Crippen molar-refractivity contribution < 1.29 is 19.4 Å². The van der Waals surface area contributed by atoms with E-state index in [0.717, 1.165) is 19.5 Å². The van der Waals surface area contributed by atoms with Crippen LogP contribution in [0.1, 0.15) is 52.8 Å². The highest BCUT2D eigenvalue weighted by molar-refractivity contribution is 5.98. The van der Waals surface area contributed by atoms with Crippen LogP contribution in [0.3, 0.4) is 0 Å². The van der Waals surface area contributed by atoms with Gasteiger partial charge in [-0.25, -0.2) is 4.79 Å². The van der Waals surface area contributed by atoms with Crippen LogP contribution in [0.15, 0.2) is 18.2 Å². The molecule has 1 N–H and O–H groups in total. The first-order valence-corrected chi connectivity index (χ1v) is 9.04.